The van der Waals surface area contributed by atoms with E-state index >= 15 is 0 Å². The number of carbonyl (C=O) groups excluding carboxylic acids is 1. The molecule has 40 heavy (non-hydrogen) atoms. The fraction of sp³-hybridized carbons (Fsp3) is 0.658. The molecule has 0 aliphatic rings. The average Bonchev–Trinajstić information content (AvgIpc) is 2.97. The molecule has 1 atom stereocenters. The van der Waals surface area contributed by atoms with Crippen LogP contribution in [0.4, 0.5) is 0 Å². The number of ether oxygens (including phenoxy) is 1. The van der Waals surface area contributed by atoms with Gasteiger partial charge in [-0.3, -0.25) is 4.79 Å². The molecule has 0 aliphatic heterocycles. The van der Waals surface area contributed by atoms with E-state index < -0.39 is 0 Å². The van der Waals surface area contributed by atoms with E-state index in [1.807, 2.05) is 0 Å². The van der Waals surface area contributed by atoms with E-state index in [0.717, 1.165) is 57.3 Å². The Morgan fingerprint density at radius 3 is 1.40 bits per heavy atom. The van der Waals surface area contributed by atoms with Crippen molar-refractivity contribution in [3.63, 3.8) is 0 Å². The largest absolute Gasteiger partial charge is 0.469 e. The van der Waals surface area contributed by atoms with Crippen molar-refractivity contribution in [1.29, 1.82) is 0 Å². The minimum Gasteiger partial charge on any atom is -0.469 e. The van der Waals surface area contributed by atoms with Crippen LogP contribution in [0, 0.1) is 5.92 Å². The van der Waals surface area contributed by atoms with Crippen LogP contribution in [-0.2, 0) is 9.53 Å². The summed E-state index contributed by atoms with van der Waals surface area (Å²) in [5.74, 6) is 0.804. The number of rotatable bonds is 28. The first-order valence-electron chi connectivity index (χ1n) is 16.7. The van der Waals surface area contributed by atoms with E-state index in [0.29, 0.717) is 6.42 Å². The number of methoxy groups -OCH3 is 1. The van der Waals surface area contributed by atoms with Crippen molar-refractivity contribution < 1.29 is 9.53 Å². The van der Waals surface area contributed by atoms with Crippen molar-refractivity contribution in [3.8, 4) is 0 Å². The highest BCUT2D eigenvalue weighted by Gasteiger charge is 1.98. The normalized spacial score (nSPS) is 13.4. The second-order valence-electron chi connectivity index (χ2n) is 11.1. The number of hydrogen-bond donors (Lipinski definition) is 0. The van der Waals surface area contributed by atoms with Gasteiger partial charge in [0.1, 0.15) is 0 Å². The summed E-state index contributed by atoms with van der Waals surface area (Å²) < 4.78 is 4.63. The van der Waals surface area contributed by atoms with E-state index in [1.54, 1.807) is 0 Å². The van der Waals surface area contributed by atoms with Crippen molar-refractivity contribution >= 4 is 5.97 Å². The summed E-state index contributed by atoms with van der Waals surface area (Å²) in [6.45, 7) is 4.69. The molecular formula is C38H64O2. The summed E-state index contributed by atoms with van der Waals surface area (Å²) >= 11 is 0. The molecule has 0 aromatic carbocycles. The van der Waals surface area contributed by atoms with Gasteiger partial charge >= 0.3 is 5.97 Å². The summed E-state index contributed by atoms with van der Waals surface area (Å²) in [7, 11) is 1.44. The van der Waals surface area contributed by atoms with Crippen molar-refractivity contribution in [1.82, 2.24) is 0 Å². The SMILES string of the molecule is CC[C@H](C)CCCCCCCCCCC/C=C\C/C=C\C/C=C\C/C=C\C/C=C\CC/C=C\CCCC(=O)OC. The fourth-order valence-corrected chi connectivity index (χ4v) is 4.41. The summed E-state index contributed by atoms with van der Waals surface area (Å²) in [5, 5.41) is 0. The van der Waals surface area contributed by atoms with E-state index in [2.05, 4.69) is 91.5 Å². The quantitative estimate of drug-likeness (QED) is 0.0548. The Morgan fingerprint density at radius 2 is 0.900 bits per heavy atom. The molecule has 0 spiro atoms. The van der Waals surface area contributed by atoms with Crippen molar-refractivity contribution in [2.24, 2.45) is 5.92 Å². The van der Waals surface area contributed by atoms with Gasteiger partial charge in [0.15, 0.2) is 0 Å². The Morgan fingerprint density at radius 1 is 0.525 bits per heavy atom. The summed E-state index contributed by atoms with van der Waals surface area (Å²) in [5.41, 5.74) is 0. The van der Waals surface area contributed by atoms with Crippen LogP contribution in [0.25, 0.3) is 0 Å². The number of hydrogen-bond acceptors (Lipinski definition) is 2. The van der Waals surface area contributed by atoms with Crippen LogP contribution in [0.15, 0.2) is 72.9 Å². The van der Waals surface area contributed by atoms with E-state index in [1.165, 1.54) is 84.2 Å². The molecule has 0 saturated heterocycles. The van der Waals surface area contributed by atoms with Gasteiger partial charge in [0.05, 0.1) is 7.11 Å². The number of esters is 1. The number of carbonyl (C=O) groups is 1. The lowest BCUT2D eigenvalue weighted by Crippen LogP contribution is -1.98. The molecule has 0 heterocycles. The zero-order valence-electron chi connectivity index (χ0n) is 26.7. The lowest BCUT2D eigenvalue weighted by molar-refractivity contribution is -0.140. The summed E-state index contributed by atoms with van der Waals surface area (Å²) in [6, 6.07) is 0. The van der Waals surface area contributed by atoms with Crippen molar-refractivity contribution in [3.05, 3.63) is 72.9 Å². The monoisotopic (exact) mass is 552 g/mol. The molecule has 2 heteroatoms. The van der Waals surface area contributed by atoms with Gasteiger partial charge < -0.3 is 4.74 Å². The van der Waals surface area contributed by atoms with Gasteiger partial charge in [-0.2, -0.15) is 0 Å². The molecule has 0 fully saturated rings. The molecule has 0 aromatic heterocycles. The number of unbranched alkanes of at least 4 members (excludes halogenated alkanes) is 11. The van der Waals surface area contributed by atoms with Crippen LogP contribution in [-0.4, -0.2) is 13.1 Å². The molecule has 0 amide bonds. The van der Waals surface area contributed by atoms with E-state index in [-0.39, 0.29) is 5.97 Å². The first-order chi connectivity index (χ1) is 19.7. The molecule has 0 unspecified atom stereocenters. The van der Waals surface area contributed by atoms with Crippen molar-refractivity contribution in [2.45, 2.75) is 149 Å². The van der Waals surface area contributed by atoms with Gasteiger partial charge in [-0.05, 0) is 70.1 Å². The van der Waals surface area contributed by atoms with Crippen LogP contribution >= 0.6 is 0 Å². The van der Waals surface area contributed by atoms with Crippen molar-refractivity contribution in [2.75, 3.05) is 7.11 Å². The minimum atomic E-state index is -0.120. The first-order valence-corrected chi connectivity index (χ1v) is 16.7. The van der Waals surface area contributed by atoms with Crippen LogP contribution in [0.2, 0.25) is 0 Å². The first kappa shape index (κ1) is 37.9. The molecule has 0 aliphatic carbocycles. The highest BCUT2D eigenvalue weighted by molar-refractivity contribution is 5.69. The van der Waals surface area contributed by atoms with E-state index in [9.17, 15) is 4.79 Å². The molecule has 0 bridgehead atoms. The third kappa shape index (κ3) is 32.1. The molecule has 0 aromatic rings. The standard InChI is InChI=1S/C38H64O2/c1-4-37(2)35-33-31-29-27-25-23-21-19-17-15-13-11-9-7-5-6-8-10-12-14-16-18-20-22-24-26-28-30-32-34-36-38(39)40-3/h5,7-8,10-11,13-14,16,20,22,28,30,37H,4,6,9,12,15,17-19,21,23-27,29,31-36H2,1-3H3/b7-5-,10-8-,13-11-,16-14-,22-20-,30-28-/t37-/m0/s1. The molecule has 0 rings (SSSR count). The highest BCUT2D eigenvalue weighted by atomic mass is 16.5. The van der Waals surface area contributed by atoms with Crippen LogP contribution in [0.1, 0.15) is 149 Å². The third-order valence-electron chi connectivity index (χ3n) is 7.33. The summed E-state index contributed by atoms with van der Waals surface area (Å²) in [4.78, 5) is 11.0. The van der Waals surface area contributed by atoms with Gasteiger partial charge in [-0.15, -0.1) is 0 Å². The second kappa shape index (κ2) is 33.1. The molecular weight excluding hydrogens is 488 g/mol. The Labute approximate surface area is 249 Å². The molecule has 0 radical (unpaired) electrons. The van der Waals surface area contributed by atoms with Crippen LogP contribution in [0.5, 0.6) is 0 Å². The minimum absolute atomic E-state index is 0.120. The van der Waals surface area contributed by atoms with Gasteiger partial charge in [0.2, 0.25) is 0 Å². The van der Waals surface area contributed by atoms with Gasteiger partial charge in [0.25, 0.3) is 0 Å². The van der Waals surface area contributed by atoms with Gasteiger partial charge in [-0.25, -0.2) is 0 Å². The Bertz CT molecular complexity index is 707. The predicted octanol–water partition coefficient (Wildman–Crippen LogP) is 12.3. The lowest BCUT2D eigenvalue weighted by Gasteiger charge is -2.07. The molecule has 0 N–H and O–H groups in total. The van der Waals surface area contributed by atoms with E-state index in [4.69, 9.17) is 0 Å². The zero-order valence-corrected chi connectivity index (χ0v) is 26.7. The Hall–Kier alpha value is -2.09. The van der Waals surface area contributed by atoms with Gasteiger partial charge in [0, 0.05) is 6.42 Å². The average molecular weight is 553 g/mol. The fourth-order valence-electron chi connectivity index (χ4n) is 4.41. The lowest BCUT2D eigenvalue weighted by atomic mass is 9.99. The van der Waals surface area contributed by atoms with Gasteiger partial charge in [-0.1, -0.05) is 151 Å². The maximum Gasteiger partial charge on any atom is 0.305 e. The third-order valence-corrected chi connectivity index (χ3v) is 7.33. The second-order valence-corrected chi connectivity index (χ2v) is 11.1. The molecule has 0 saturated carbocycles. The maximum absolute atomic E-state index is 11.0. The zero-order chi connectivity index (χ0) is 29.2. The Kier molecular flexibility index (Phi) is 31.4. The van der Waals surface area contributed by atoms with Crippen LogP contribution in [0.3, 0.4) is 0 Å². The maximum atomic E-state index is 11.0. The predicted molar refractivity (Wildman–Crippen MR) is 179 cm³/mol. The number of allylic oxidation sites excluding steroid dienone is 12. The summed E-state index contributed by atoms with van der Waals surface area (Å²) in [6.07, 6.45) is 52.4. The molecule has 228 valence electrons. The molecule has 2 nitrogen and oxygen atoms in total. The highest BCUT2D eigenvalue weighted by Crippen LogP contribution is 2.15. The van der Waals surface area contributed by atoms with Crippen LogP contribution < -0.4 is 0 Å². The Balaban J connectivity index is 3.42. The smallest absolute Gasteiger partial charge is 0.305 e. The topological polar surface area (TPSA) is 26.3 Å².